The van der Waals surface area contributed by atoms with Gasteiger partial charge >= 0.3 is 12.1 Å². The van der Waals surface area contributed by atoms with E-state index in [1.54, 1.807) is 24.4 Å². The van der Waals surface area contributed by atoms with Gasteiger partial charge in [-0.1, -0.05) is 0 Å². The van der Waals surface area contributed by atoms with Crippen molar-refractivity contribution in [3.05, 3.63) is 46.9 Å². The van der Waals surface area contributed by atoms with Crippen LogP contribution in [-0.2, 0) is 19.6 Å². The summed E-state index contributed by atoms with van der Waals surface area (Å²) >= 11 is 1.49. The fourth-order valence-corrected chi connectivity index (χ4v) is 5.92. The summed E-state index contributed by atoms with van der Waals surface area (Å²) < 4.78 is 64.5. The molecule has 2 aromatic rings. The van der Waals surface area contributed by atoms with Crippen LogP contribution in [0.25, 0.3) is 0 Å². The molecule has 0 saturated carbocycles. The Labute approximate surface area is 197 Å². The van der Waals surface area contributed by atoms with Crippen molar-refractivity contribution in [2.45, 2.75) is 29.5 Å². The Morgan fingerprint density at radius 3 is 2.59 bits per heavy atom. The fourth-order valence-electron chi connectivity index (χ4n) is 3.77. The monoisotopic (exact) mass is 521 g/mol. The molecule has 2 saturated heterocycles. The predicted molar refractivity (Wildman–Crippen MR) is 115 cm³/mol. The van der Waals surface area contributed by atoms with E-state index in [9.17, 15) is 26.4 Å². The second kappa shape index (κ2) is 10.4. The van der Waals surface area contributed by atoms with Gasteiger partial charge in [-0.3, -0.25) is 9.78 Å². The minimum Gasteiger partial charge on any atom is -0.475 e. The lowest BCUT2D eigenvalue weighted by Crippen LogP contribution is -2.66. The first-order valence-corrected chi connectivity index (χ1v) is 12.5. The maximum absolute atomic E-state index is 12.7. The summed E-state index contributed by atoms with van der Waals surface area (Å²) in [5, 5.41) is 13.8. The number of alkyl halides is 3. The van der Waals surface area contributed by atoms with E-state index in [0.717, 1.165) is 12.8 Å². The molecule has 4 rings (SSSR count). The van der Waals surface area contributed by atoms with Crippen LogP contribution in [0.15, 0.2) is 46.2 Å². The molecule has 2 fully saturated rings. The van der Waals surface area contributed by atoms with Gasteiger partial charge in [-0.2, -0.15) is 28.8 Å². The lowest BCUT2D eigenvalue weighted by atomic mass is 9.80. The summed E-state index contributed by atoms with van der Waals surface area (Å²) in [5.41, 5.74) is 0.248. The van der Waals surface area contributed by atoms with Crippen molar-refractivity contribution in [2.75, 3.05) is 26.2 Å². The molecule has 0 aliphatic carbocycles. The third-order valence-electron chi connectivity index (χ3n) is 5.56. The summed E-state index contributed by atoms with van der Waals surface area (Å²) in [6, 6.07) is 4.97. The maximum atomic E-state index is 12.7. The molecule has 2 aliphatic heterocycles. The van der Waals surface area contributed by atoms with Gasteiger partial charge in [0, 0.05) is 49.6 Å². The van der Waals surface area contributed by atoms with E-state index in [1.807, 2.05) is 10.8 Å². The molecule has 0 bridgehead atoms. The number of hydrogen-bond acceptors (Lipinski definition) is 7. The molecule has 14 heteroatoms. The van der Waals surface area contributed by atoms with Crippen molar-refractivity contribution in [3.63, 3.8) is 0 Å². The number of pyridine rings is 1. The van der Waals surface area contributed by atoms with E-state index in [-0.39, 0.29) is 16.7 Å². The number of hydrogen-bond donors (Lipinski definition) is 2. The third kappa shape index (κ3) is 5.92. The number of sulfonamides is 1. The molecule has 2 N–H and O–H groups in total. The zero-order valence-electron chi connectivity index (χ0n) is 17.7. The number of nitrogens with zero attached hydrogens (tertiary/aromatic N) is 2. The summed E-state index contributed by atoms with van der Waals surface area (Å²) in [7, 11) is -3.53. The lowest BCUT2D eigenvalue weighted by Gasteiger charge is -2.49. The van der Waals surface area contributed by atoms with Crippen LogP contribution in [0.4, 0.5) is 13.2 Å². The van der Waals surface area contributed by atoms with Crippen LogP contribution < -0.4 is 5.32 Å². The molecule has 0 radical (unpaired) electrons. The number of thiophene rings is 1. The Morgan fingerprint density at radius 2 is 2.03 bits per heavy atom. The average Bonchev–Trinajstić information content (AvgIpc) is 3.43. The first kappa shape index (κ1) is 26.1. The lowest BCUT2D eigenvalue weighted by molar-refractivity contribution is -0.192. The van der Waals surface area contributed by atoms with Crippen molar-refractivity contribution in [1.29, 1.82) is 0 Å². The molecular formula is C20H22F3N3O6S2. The van der Waals surface area contributed by atoms with Gasteiger partial charge in [-0.05, 0) is 42.3 Å². The second-order valence-electron chi connectivity index (χ2n) is 7.72. The minimum atomic E-state index is -5.08. The Balaban J connectivity index is 0.000000406. The highest BCUT2D eigenvalue weighted by Crippen LogP contribution is 2.43. The van der Waals surface area contributed by atoms with Crippen LogP contribution >= 0.6 is 11.3 Å². The van der Waals surface area contributed by atoms with Gasteiger partial charge in [0.2, 0.25) is 10.0 Å². The van der Waals surface area contributed by atoms with Gasteiger partial charge in [0.15, 0.2) is 0 Å². The number of carboxylic acids is 1. The SMILES string of the molecule is O=C(NCCC1CCOC12CN(S(=O)(=O)c1cccnc1)C2)c1ccsc1.O=C(O)C(F)(F)F. The van der Waals surface area contributed by atoms with Gasteiger partial charge in [0.05, 0.1) is 5.60 Å². The Bertz CT molecular complexity index is 1090. The summed E-state index contributed by atoms with van der Waals surface area (Å²) in [6.45, 7) is 1.89. The Morgan fingerprint density at radius 1 is 1.32 bits per heavy atom. The van der Waals surface area contributed by atoms with Crippen LogP contribution in [0.2, 0.25) is 0 Å². The van der Waals surface area contributed by atoms with E-state index >= 15 is 0 Å². The van der Waals surface area contributed by atoms with Crippen molar-refractivity contribution >= 4 is 33.2 Å². The zero-order valence-corrected chi connectivity index (χ0v) is 19.3. The standard InChI is InChI=1S/C18H21N3O4S2.C2HF3O2/c22-17(14-5-9-26-11-14)20-7-3-15-4-8-25-18(15)12-21(13-18)27(23,24)16-2-1-6-19-10-16;3-2(4,5)1(6)7/h1-2,5-6,9-11,15H,3-4,7-8,12-13H2,(H,20,22);(H,6,7). The molecule has 2 aliphatic rings. The molecule has 186 valence electrons. The first-order chi connectivity index (χ1) is 16.0. The molecule has 4 heterocycles. The smallest absolute Gasteiger partial charge is 0.475 e. The van der Waals surface area contributed by atoms with E-state index in [0.29, 0.717) is 31.8 Å². The van der Waals surface area contributed by atoms with Crippen LogP contribution in [-0.4, -0.2) is 72.7 Å². The topological polar surface area (TPSA) is 126 Å². The number of aromatic nitrogens is 1. The van der Waals surface area contributed by atoms with Gasteiger partial charge in [0.1, 0.15) is 4.90 Å². The largest absolute Gasteiger partial charge is 0.490 e. The third-order valence-corrected chi connectivity index (χ3v) is 8.02. The quantitative estimate of drug-likeness (QED) is 0.598. The van der Waals surface area contributed by atoms with Crippen LogP contribution in [0.1, 0.15) is 23.2 Å². The number of aliphatic carboxylic acids is 1. The van der Waals surface area contributed by atoms with Crippen molar-refractivity contribution in [3.8, 4) is 0 Å². The summed E-state index contributed by atoms with van der Waals surface area (Å²) in [6.07, 6.45) is -0.504. The van der Waals surface area contributed by atoms with Gasteiger partial charge < -0.3 is 15.2 Å². The van der Waals surface area contributed by atoms with Crippen LogP contribution in [0.3, 0.4) is 0 Å². The molecule has 1 spiro atoms. The minimum absolute atomic E-state index is 0.0707. The normalized spacial score (nSPS) is 19.7. The number of carbonyl (C=O) groups is 2. The first-order valence-electron chi connectivity index (χ1n) is 10.1. The number of nitrogens with one attached hydrogen (secondary N) is 1. The van der Waals surface area contributed by atoms with E-state index in [1.165, 1.54) is 21.8 Å². The van der Waals surface area contributed by atoms with Gasteiger partial charge in [-0.25, -0.2) is 13.2 Å². The summed E-state index contributed by atoms with van der Waals surface area (Å²) in [4.78, 5) is 25.0. The molecule has 2 aromatic heterocycles. The Hall–Kier alpha value is -2.55. The number of rotatable bonds is 6. The molecular weight excluding hydrogens is 499 g/mol. The zero-order chi connectivity index (χ0) is 25.0. The summed E-state index contributed by atoms with van der Waals surface area (Å²) in [5.74, 6) is -2.59. The highest BCUT2D eigenvalue weighted by molar-refractivity contribution is 7.89. The van der Waals surface area contributed by atoms with Crippen molar-refractivity contribution in [2.24, 2.45) is 5.92 Å². The number of amides is 1. The highest BCUT2D eigenvalue weighted by Gasteiger charge is 2.56. The molecule has 34 heavy (non-hydrogen) atoms. The predicted octanol–water partition coefficient (Wildman–Crippen LogP) is 2.38. The van der Waals surface area contributed by atoms with Crippen molar-refractivity contribution in [1.82, 2.24) is 14.6 Å². The molecule has 1 unspecified atom stereocenters. The fraction of sp³-hybridized carbons (Fsp3) is 0.450. The van der Waals surface area contributed by atoms with Crippen LogP contribution in [0.5, 0.6) is 0 Å². The van der Waals surface area contributed by atoms with E-state index < -0.39 is 27.8 Å². The Kier molecular flexibility index (Phi) is 7.95. The molecule has 1 amide bonds. The van der Waals surface area contributed by atoms with Gasteiger partial charge in [0.25, 0.3) is 5.91 Å². The molecule has 1 atom stereocenters. The van der Waals surface area contributed by atoms with Crippen molar-refractivity contribution < 1.29 is 41.0 Å². The molecule has 9 nitrogen and oxygen atoms in total. The number of carboxylic acid groups (broad SMARTS) is 1. The number of carbonyl (C=O) groups excluding carboxylic acids is 1. The van der Waals surface area contributed by atoms with Crippen LogP contribution in [0, 0.1) is 5.92 Å². The number of ether oxygens (including phenoxy) is 1. The second-order valence-corrected chi connectivity index (χ2v) is 10.4. The van der Waals surface area contributed by atoms with E-state index in [2.05, 4.69) is 10.3 Å². The number of halogens is 3. The molecule has 0 aromatic carbocycles. The van der Waals surface area contributed by atoms with Gasteiger partial charge in [-0.15, -0.1) is 0 Å². The maximum Gasteiger partial charge on any atom is 0.490 e. The van der Waals surface area contributed by atoms with E-state index in [4.69, 9.17) is 14.6 Å². The highest BCUT2D eigenvalue weighted by atomic mass is 32.2. The average molecular weight is 522 g/mol.